The van der Waals surface area contributed by atoms with E-state index < -0.39 is 0 Å². The minimum absolute atomic E-state index is 0.694. The molecule has 0 saturated heterocycles. The molecule has 0 aromatic carbocycles. The van der Waals surface area contributed by atoms with E-state index in [4.69, 9.17) is 0 Å². The minimum Gasteiger partial charge on any atom is -0.312 e. The van der Waals surface area contributed by atoms with Crippen LogP contribution in [0.1, 0.15) is 52.4 Å². The van der Waals surface area contributed by atoms with E-state index in [1.807, 2.05) is 0 Å². The van der Waals surface area contributed by atoms with E-state index in [1.165, 1.54) is 45.1 Å². The summed E-state index contributed by atoms with van der Waals surface area (Å²) < 4.78 is 0. The zero-order valence-electron chi connectivity index (χ0n) is 11.2. The molecule has 1 atom stereocenters. The van der Waals surface area contributed by atoms with Crippen molar-refractivity contribution in [3.8, 4) is 0 Å². The lowest BCUT2D eigenvalue weighted by Crippen LogP contribution is -2.45. The van der Waals surface area contributed by atoms with Gasteiger partial charge in [0.25, 0.3) is 0 Å². The van der Waals surface area contributed by atoms with Gasteiger partial charge in [-0.15, -0.1) is 0 Å². The van der Waals surface area contributed by atoms with Gasteiger partial charge in [0.2, 0.25) is 0 Å². The number of nitrogens with one attached hydrogen (secondary N) is 1. The second kappa shape index (κ2) is 5.50. The van der Waals surface area contributed by atoms with E-state index in [2.05, 4.69) is 31.1 Å². The van der Waals surface area contributed by atoms with Crippen molar-refractivity contribution in [2.75, 3.05) is 13.6 Å². The van der Waals surface area contributed by atoms with Crippen molar-refractivity contribution in [3.05, 3.63) is 0 Å². The summed E-state index contributed by atoms with van der Waals surface area (Å²) in [5, 5.41) is 3.64. The molecule has 16 heavy (non-hydrogen) atoms. The Kier molecular flexibility index (Phi) is 4.26. The van der Waals surface area contributed by atoms with Crippen LogP contribution in [0.5, 0.6) is 0 Å². The van der Waals surface area contributed by atoms with Crippen molar-refractivity contribution < 1.29 is 0 Å². The lowest BCUT2D eigenvalue weighted by molar-refractivity contribution is 0.129. The molecule has 0 aromatic heterocycles. The normalized spacial score (nSPS) is 33.0. The highest BCUT2D eigenvalue weighted by Crippen LogP contribution is 2.27. The van der Waals surface area contributed by atoms with Gasteiger partial charge < -0.3 is 5.32 Å². The molecule has 0 aromatic rings. The standard InChI is InChI=1S/C14H28N2/c1-11-4-8-14(9-5-11)16(3)12(2)10-15-13-6-7-13/h11-15H,4-10H2,1-3H3. The molecule has 0 radical (unpaired) electrons. The fourth-order valence-corrected chi connectivity index (χ4v) is 2.78. The van der Waals surface area contributed by atoms with Crippen molar-refractivity contribution in [3.63, 3.8) is 0 Å². The first-order valence-corrected chi connectivity index (χ1v) is 7.12. The average molecular weight is 224 g/mol. The number of hydrogen-bond acceptors (Lipinski definition) is 2. The summed E-state index contributed by atoms with van der Waals surface area (Å²) in [6.45, 7) is 5.94. The van der Waals surface area contributed by atoms with Crippen LogP contribution in [0.15, 0.2) is 0 Å². The van der Waals surface area contributed by atoms with Crippen LogP contribution in [0.3, 0.4) is 0 Å². The van der Waals surface area contributed by atoms with Gasteiger partial charge in [0.05, 0.1) is 0 Å². The Morgan fingerprint density at radius 1 is 1.12 bits per heavy atom. The molecule has 2 aliphatic rings. The molecule has 2 fully saturated rings. The average Bonchev–Trinajstić information content (AvgIpc) is 3.10. The van der Waals surface area contributed by atoms with Crippen molar-refractivity contribution in [2.45, 2.75) is 70.5 Å². The van der Waals surface area contributed by atoms with Gasteiger partial charge in [-0.05, 0) is 58.4 Å². The molecule has 2 aliphatic carbocycles. The molecule has 0 amide bonds. The third kappa shape index (κ3) is 3.46. The van der Waals surface area contributed by atoms with Crippen LogP contribution < -0.4 is 5.32 Å². The third-order valence-corrected chi connectivity index (χ3v) is 4.54. The van der Waals surface area contributed by atoms with Crippen LogP contribution in [0.2, 0.25) is 0 Å². The van der Waals surface area contributed by atoms with Crippen LogP contribution in [0.25, 0.3) is 0 Å². The number of hydrogen-bond donors (Lipinski definition) is 1. The van der Waals surface area contributed by atoms with Crippen molar-refractivity contribution in [2.24, 2.45) is 5.92 Å². The van der Waals surface area contributed by atoms with Gasteiger partial charge in [0, 0.05) is 24.7 Å². The summed E-state index contributed by atoms with van der Waals surface area (Å²) >= 11 is 0. The van der Waals surface area contributed by atoms with Gasteiger partial charge in [-0.3, -0.25) is 4.90 Å². The van der Waals surface area contributed by atoms with Crippen LogP contribution in [0, 0.1) is 5.92 Å². The first-order valence-electron chi connectivity index (χ1n) is 7.12. The molecule has 2 saturated carbocycles. The van der Waals surface area contributed by atoms with Crippen LogP contribution in [-0.4, -0.2) is 36.6 Å². The van der Waals surface area contributed by atoms with Gasteiger partial charge in [-0.25, -0.2) is 0 Å². The number of likely N-dealkylation sites (N-methyl/N-ethyl adjacent to an activating group) is 1. The molecule has 2 rings (SSSR count). The first kappa shape index (κ1) is 12.4. The molecule has 2 heteroatoms. The Morgan fingerprint density at radius 3 is 2.31 bits per heavy atom. The maximum atomic E-state index is 3.64. The lowest BCUT2D eigenvalue weighted by atomic mass is 9.86. The predicted octanol–water partition coefficient (Wildman–Crippen LogP) is 2.64. The van der Waals surface area contributed by atoms with E-state index in [0.29, 0.717) is 6.04 Å². The van der Waals surface area contributed by atoms with Crippen LogP contribution >= 0.6 is 0 Å². The molecule has 1 unspecified atom stereocenters. The van der Waals surface area contributed by atoms with Crippen LogP contribution in [0.4, 0.5) is 0 Å². The van der Waals surface area contributed by atoms with E-state index in [-0.39, 0.29) is 0 Å². The highest BCUT2D eigenvalue weighted by atomic mass is 15.2. The Hall–Kier alpha value is -0.0800. The summed E-state index contributed by atoms with van der Waals surface area (Å²) in [5.74, 6) is 0.963. The highest BCUT2D eigenvalue weighted by molar-refractivity contribution is 4.85. The van der Waals surface area contributed by atoms with Crippen molar-refractivity contribution in [1.29, 1.82) is 0 Å². The molecule has 94 valence electrons. The number of nitrogens with zero attached hydrogens (tertiary/aromatic N) is 1. The molecule has 0 bridgehead atoms. The second-order valence-corrected chi connectivity index (χ2v) is 6.11. The zero-order chi connectivity index (χ0) is 11.5. The van der Waals surface area contributed by atoms with Gasteiger partial charge in [-0.2, -0.15) is 0 Å². The first-order chi connectivity index (χ1) is 7.66. The Morgan fingerprint density at radius 2 is 1.75 bits per heavy atom. The molecule has 2 nitrogen and oxygen atoms in total. The smallest absolute Gasteiger partial charge is 0.0192 e. The fraction of sp³-hybridized carbons (Fsp3) is 1.00. The molecule has 0 aliphatic heterocycles. The second-order valence-electron chi connectivity index (χ2n) is 6.11. The molecule has 0 heterocycles. The quantitative estimate of drug-likeness (QED) is 0.772. The highest BCUT2D eigenvalue weighted by Gasteiger charge is 2.26. The molecule has 0 spiro atoms. The van der Waals surface area contributed by atoms with Crippen molar-refractivity contribution >= 4 is 0 Å². The Balaban J connectivity index is 1.69. The summed E-state index contributed by atoms with van der Waals surface area (Å²) in [6.07, 6.45) is 8.47. The van der Waals surface area contributed by atoms with Crippen molar-refractivity contribution in [1.82, 2.24) is 10.2 Å². The molecule has 1 N–H and O–H groups in total. The Labute approximate surface area is 101 Å². The fourth-order valence-electron chi connectivity index (χ4n) is 2.78. The monoisotopic (exact) mass is 224 g/mol. The Bertz CT molecular complexity index is 205. The summed E-state index contributed by atoms with van der Waals surface area (Å²) in [7, 11) is 2.32. The van der Waals surface area contributed by atoms with E-state index >= 15 is 0 Å². The van der Waals surface area contributed by atoms with Gasteiger partial charge >= 0.3 is 0 Å². The maximum Gasteiger partial charge on any atom is 0.0192 e. The maximum absolute atomic E-state index is 3.64. The molecular weight excluding hydrogens is 196 g/mol. The number of rotatable bonds is 5. The SMILES string of the molecule is CC1CCC(N(C)C(C)CNC2CC2)CC1. The van der Waals surface area contributed by atoms with E-state index in [1.54, 1.807) is 0 Å². The zero-order valence-corrected chi connectivity index (χ0v) is 11.2. The topological polar surface area (TPSA) is 15.3 Å². The van der Waals surface area contributed by atoms with Gasteiger partial charge in [0.1, 0.15) is 0 Å². The summed E-state index contributed by atoms with van der Waals surface area (Å²) in [5.41, 5.74) is 0. The summed E-state index contributed by atoms with van der Waals surface area (Å²) in [4.78, 5) is 2.61. The molecular formula is C14H28N2. The largest absolute Gasteiger partial charge is 0.312 e. The lowest BCUT2D eigenvalue weighted by Gasteiger charge is -2.37. The minimum atomic E-state index is 0.694. The third-order valence-electron chi connectivity index (χ3n) is 4.54. The van der Waals surface area contributed by atoms with Crippen LogP contribution in [-0.2, 0) is 0 Å². The van der Waals surface area contributed by atoms with E-state index in [9.17, 15) is 0 Å². The van der Waals surface area contributed by atoms with Gasteiger partial charge in [-0.1, -0.05) is 6.92 Å². The summed E-state index contributed by atoms with van der Waals surface area (Å²) in [6, 6.07) is 2.38. The predicted molar refractivity (Wildman–Crippen MR) is 69.7 cm³/mol. The van der Waals surface area contributed by atoms with E-state index in [0.717, 1.165) is 18.0 Å². The van der Waals surface area contributed by atoms with Gasteiger partial charge in [0.15, 0.2) is 0 Å².